The van der Waals surface area contributed by atoms with Crippen LogP contribution < -0.4 is 5.32 Å². The van der Waals surface area contributed by atoms with E-state index in [1.54, 1.807) is 11.1 Å². The van der Waals surface area contributed by atoms with E-state index in [4.69, 9.17) is 4.74 Å². The normalized spacial score (nSPS) is 20.9. The number of para-hydroxylation sites is 1. The highest BCUT2D eigenvalue weighted by atomic mass is 16.6. The van der Waals surface area contributed by atoms with Crippen LogP contribution in [0.2, 0.25) is 0 Å². The van der Waals surface area contributed by atoms with Crippen LogP contribution in [0.15, 0.2) is 48.9 Å². The summed E-state index contributed by atoms with van der Waals surface area (Å²) in [4.78, 5) is 53.3. The second-order valence-corrected chi connectivity index (χ2v) is 13.7. The number of piperidine rings is 1. The van der Waals surface area contributed by atoms with Crippen molar-refractivity contribution in [3.8, 4) is 0 Å². The molecule has 4 aliphatic rings. The first kappa shape index (κ1) is 31.5. The Kier molecular flexibility index (Phi) is 9.33. The molecule has 7 rings (SSSR count). The number of ether oxygens (including phenoxy) is 1. The third-order valence-corrected chi connectivity index (χ3v) is 10.7. The average Bonchev–Trinajstić information content (AvgIpc) is 3.52. The number of urea groups is 1. The summed E-state index contributed by atoms with van der Waals surface area (Å²) >= 11 is 0. The number of piperazine rings is 1. The molecule has 4 amide bonds. The van der Waals surface area contributed by atoms with Crippen LogP contribution in [0.25, 0.3) is 5.65 Å². The van der Waals surface area contributed by atoms with Crippen LogP contribution in [-0.4, -0.2) is 111 Å². The minimum atomic E-state index is -0.920. The van der Waals surface area contributed by atoms with Crippen LogP contribution >= 0.6 is 0 Å². The number of likely N-dealkylation sites (tertiary alicyclic amines) is 1. The van der Waals surface area contributed by atoms with E-state index in [9.17, 15) is 14.4 Å². The van der Waals surface area contributed by atoms with Crippen LogP contribution in [-0.2, 0) is 22.4 Å². The Bertz CT molecular complexity index is 1580. The number of nitrogens with zero attached hydrogens (tertiary/aromatic N) is 6. The number of carbonyl (C=O) groups is 3. The molecule has 3 aliphatic heterocycles. The van der Waals surface area contributed by atoms with Crippen molar-refractivity contribution in [3.63, 3.8) is 0 Å². The Morgan fingerprint density at radius 2 is 1.70 bits per heavy atom. The van der Waals surface area contributed by atoms with Gasteiger partial charge in [0.2, 0.25) is 0 Å². The maximum Gasteiger partial charge on any atom is 0.410 e. The van der Waals surface area contributed by atoms with Gasteiger partial charge in [0.1, 0.15) is 5.65 Å². The fourth-order valence-electron chi connectivity index (χ4n) is 8.04. The summed E-state index contributed by atoms with van der Waals surface area (Å²) in [7, 11) is 0. The molecule has 0 bridgehead atoms. The van der Waals surface area contributed by atoms with Gasteiger partial charge in [-0.25, -0.2) is 14.6 Å². The second kappa shape index (κ2) is 13.9. The molecular weight excluding hydrogens is 594 g/mol. The number of imidazole rings is 1. The lowest BCUT2D eigenvalue weighted by atomic mass is 9.94. The first-order valence-electron chi connectivity index (χ1n) is 17.5. The molecule has 2 saturated heterocycles. The molecule has 11 nitrogen and oxygen atoms in total. The lowest BCUT2D eigenvalue weighted by molar-refractivity contribution is -0.143. The molecule has 2 aromatic heterocycles. The maximum atomic E-state index is 14.1. The van der Waals surface area contributed by atoms with Gasteiger partial charge in [-0.3, -0.25) is 9.69 Å². The predicted octanol–water partition coefficient (Wildman–Crippen LogP) is 4.72. The molecule has 3 aromatic rings. The number of fused-ring (bicyclic) bond motifs is 2. The molecule has 0 spiro atoms. The number of rotatable bonds is 6. The zero-order valence-electron chi connectivity index (χ0n) is 27.5. The molecule has 1 saturated carbocycles. The van der Waals surface area contributed by atoms with E-state index in [-0.39, 0.29) is 18.0 Å². The van der Waals surface area contributed by atoms with Crippen LogP contribution in [0.1, 0.15) is 61.6 Å². The van der Waals surface area contributed by atoms with Crippen molar-refractivity contribution in [2.75, 3.05) is 51.1 Å². The highest BCUT2D eigenvalue weighted by molar-refractivity contribution is 5.91. The number of nitrogens with one attached hydrogen (secondary N) is 1. The fraction of sp³-hybridized carbons (Fsp3) is 0.556. The smallest absolute Gasteiger partial charge is 0.410 e. The Labute approximate surface area is 276 Å². The monoisotopic (exact) mass is 641 g/mol. The van der Waals surface area contributed by atoms with Crippen LogP contribution in [0.5, 0.6) is 0 Å². The zero-order chi connectivity index (χ0) is 32.3. The van der Waals surface area contributed by atoms with Gasteiger partial charge >= 0.3 is 12.1 Å². The van der Waals surface area contributed by atoms with Gasteiger partial charge in [0, 0.05) is 88.6 Å². The summed E-state index contributed by atoms with van der Waals surface area (Å²) in [5, 5.41) is 3.06. The molecule has 3 fully saturated rings. The SMILES string of the molecule is Cc1cc(C[C@@H](OC(=O)N2CCC(N3CCc4ccccc4NC3=O)CC2)C(=O)N2CCN(C3CCCCC3)CC2)cn2ccnc12. The average molecular weight is 642 g/mol. The van der Waals surface area contributed by atoms with Crippen molar-refractivity contribution < 1.29 is 19.1 Å². The molecule has 1 aliphatic carbocycles. The molecular formula is C36H47N7O4. The molecule has 5 heterocycles. The van der Waals surface area contributed by atoms with Gasteiger partial charge in [-0.15, -0.1) is 0 Å². The molecule has 250 valence electrons. The Hall–Kier alpha value is -4.12. The predicted molar refractivity (Wildman–Crippen MR) is 179 cm³/mol. The molecule has 47 heavy (non-hydrogen) atoms. The summed E-state index contributed by atoms with van der Waals surface area (Å²) in [6.45, 7) is 6.62. The first-order chi connectivity index (χ1) is 22.9. The van der Waals surface area contributed by atoms with Crippen molar-refractivity contribution in [1.29, 1.82) is 0 Å². The van der Waals surface area contributed by atoms with E-state index < -0.39 is 12.2 Å². The summed E-state index contributed by atoms with van der Waals surface area (Å²) < 4.78 is 8.07. The molecule has 0 radical (unpaired) electrons. The summed E-state index contributed by atoms with van der Waals surface area (Å²) in [5.41, 5.74) is 4.81. The van der Waals surface area contributed by atoms with Gasteiger partial charge in [-0.1, -0.05) is 43.5 Å². The first-order valence-corrected chi connectivity index (χ1v) is 17.5. The Morgan fingerprint density at radius 3 is 2.49 bits per heavy atom. The third-order valence-electron chi connectivity index (χ3n) is 10.7. The zero-order valence-corrected chi connectivity index (χ0v) is 27.5. The number of pyridine rings is 1. The minimum absolute atomic E-state index is 0.0381. The maximum absolute atomic E-state index is 14.1. The number of hydrogen-bond donors (Lipinski definition) is 1. The number of aryl methyl sites for hydroxylation is 1. The Morgan fingerprint density at radius 1 is 0.936 bits per heavy atom. The largest absolute Gasteiger partial charge is 0.436 e. The van der Waals surface area contributed by atoms with Crippen molar-refractivity contribution in [2.45, 2.75) is 82.9 Å². The van der Waals surface area contributed by atoms with Crippen molar-refractivity contribution in [3.05, 3.63) is 65.6 Å². The minimum Gasteiger partial charge on any atom is -0.436 e. The van der Waals surface area contributed by atoms with Crippen molar-refractivity contribution in [2.24, 2.45) is 0 Å². The summed E-state index contributed by atoms with van der Waals surface area (Å²) in [6, 6.07) is 10.5. The fourth-order valence-corrected chi connectivity index (χ4v) is 8.04. The van der Waals surface area contributed by atoms with Crippen molar-refractivity contribution in [1.82, 2.24) is 29.0 Å². The number of benzene rings is 1. The quantitative estimate of drug-likeness (QED) is 0.418. The van der Waals surface area contributed by atoms with Crippen LogP contribution in [0.4, 0.5) is 15.3 Å². The molecule has 11 heteroatoms. The van der Waals surface area contributed by atoms with E-state index >= 15 is 0 Å². The molecule has 1 aromatic carbocycles. The van der Waals surface area contributed by atoms with Gasteiger partial charge in [0.15, 0.2) is 6.10 Å². The lowest BCUT2D eigenvalue weighted by Gasteiger charge is -2.41. The number of hydrogen-bond acceptors (Lipinski definition) is 6. The second-order valence-electron chi connectivity index (χ2n) is 13.7. The van der Waals surface area contributed by atoms with Gasteiger partial charge in [0.05, 0.1) is 0 Å². The van der Waals surface area contributed by atoms with Gasteiger partial charge in [-0.05, 0) is 61.8 Å². The topological polar surface area (TPSA) is 103 Å². The Balaban J connectivity index is 1.00. The van der Waals surface area contributed by atoms with Gasteiger partial charge in [-0.2, -0.15) is 0 Å². The number of anilines is 1. The third kappa shape index (κ3) is 6.95. The highest BCUT2D eigenvalue weighted by Crippen LogP contribution is 2.26. The lowest BCUT2D eigenvalue weighted by Crippen LogP contribution is -2.55. The van der Waals surface area contributed by atoms with E-state index in [1.165, 1.54) is 32.1 Å². The number of amides is 4. The molecule has 0 unspecified atom stereocenters. The van der Waals surface area contributed by atoms with Gasteiger partial charge < -0.3 is 29.2 Å². The highest BCUT2D eigenvalue weighted by Gasteiger charge is 2.36. The van der Waals surface area contributed by atoms with E-state index in [0.717, 1.165) is 47.5 Å². The van der Waals surface area contributed by atoms with E-state index in [1.807, 2.05) is 57.8 Å². The van der Waals surface area contributed by atoms with Crippen LogP contribution in [0.3, 0.4) is 0 Å². The van der Waals surface area contributed by atoms with Crippen molar-refractivity contribution >= 4 is 29.4 Å². The standard InChI is InChI=1S/C36H47N7O4/c1-26-23-27(25-42-18-14-37-33(26)42)24-32(34(44)40-21-19-39(20-22-40)29-8-3-2-4-9-29)47-36(46)41-15-12-30(13-16-41)43-17-11-28-7-5-6-10-31(28)38-35(43)45/h5-7,10,14,18,23,25,29-30,32H,2-4,8-9,11-13,15-17,19-22,24H2,1H3,(H,38,45)/t32-/m1/s1. The molecule has 1 N–H and O–H groups in total. The van der Waals surface area contributed by atoms with Crippen LogP contribution in [0, 0.1) is 6.92 Å². The molecule has 1 atom stereocenters. The number of carbonyl (C=O) groups excluding carboxylic acids is 3. The number of aromatic nitrogens is 2. The summed E-state index contributed by atoms with van der Waals surface area (Å²) in [6.07, 6.45) is 13.1. The van der Waals surface area contributed by atoms with E-state index in [2.05, 4.69) is 21.3 Å². The van der Waals surface area contributed by atoms with Gasteiger partial charge in [0.25, 0.3) is 5.91 Å². The summed E-state index contributed by atoms with van der Waals surface area (Å²) in [5.74, 6) is -0.124. The van der Waals surface area contributed by atoms with E-state index in [0.29, 0.717) is 58.0 Å².